The van der Waals surface area contributed by atoms with Gasteiger partial charge in [0, 0.05) is 0 Å². The van der Waals surface area contributed by atoms with Crippen molar-refractivity contribution in [3.8, 4) is 33.4 Å². The van der Waals surface area contributed by atoms with E-state index in [1.54, 1.807) is 0 Å². The second kappa shape index (κ2) is 7.25. The van der Waals surface area contributed by atoms with E-state index in [9.17, 15) is 0 Å². The molecule has 0 amide bonds. The minimum absolute atomic E-state index is 1.28. The summed E-state index contributed by atoms with van der Waals surface area (Å²) < 4.78 is 0. The molecular formula is C27H24. The van der Waals surface area contributed by atoms with Gasteiger partial charge in [0.05, 0.1) is 0 Å². The van der Waals surface area contributed by atoms with Crippen molar-refractivity contribution in [3.05, 3.63) is 108 Å². The largest absolute Gasteiger partial charge is 0.0620 e. The van der Waals surface area contributed by atoms with Gasteiger partial charge in [-0.3, -0.25) is 0 Å². The Bertz CT molecular complexity index is 1080. The number of aryl methyl sites for hydroxylation is 3. The van der Waals surface area contributed by atoms with Crippen LogP contribution >= 0.6 is 0 Å². The van der Waals surface area contributed by atoms with Crippen molar-refractivity contribution in [1.29, 1.82) is 0 Å². The van der Waals surface area contributed by atoms with Crippen LogP contribution in [0.2, 0.25) is 0 Å². The lowest BCUT2D eigenvalue weighted by atomic mass is 9.87. The lowest BCUT2D eigenvalue weighted by molar-refractivity contribution is 1.38. The van der Waals surface area contributed by atoms with Gasteiger partial charge in [0.15, 0.2) is 0 Å². The molecular weight excluding hydrogens is 324 g/mol. The standard InChI is InChI=1S/C27H24/c1-19-16-20(2)18-22(17-19)24-12-6-7-14-26(24)27-15-9-8-13-25(27)23-11-5-4-10-21(23)3/h4-18H,1-3H3. The molecule has 4 aromatic carbocycles. The summed E-state index contributed by atoms with van der Waals surface area (Å²) in [5, 5.41) is 0. The summed E-state index contributed by atoms with van der Waals surface area (Å²) in [7, 11) is 0. The number of benzene rings is 4. The maximum absolute atomic E-state index is 2.28. The molecule has 0 aromatic heterocycles. The van der Waals surface area contributed by atoms with Crippen molar-refractivity contribution in [1.82, 2.24) is 0 Å². The minimum atomic E-state index is 1.28. The number of rotatable bonds is 3. The highest BCUT2D eigenvalue weighted by Gasteiger charge is 2.13. The van der Waals surface area contributed by atoms with Crippen LogP contribution in [0.4, 0.5) is 0 Å². The van der Waals surface area contributed by atoms with Crippen LogP contribution in [0.1, 0.15) is 16.7 Å². The van der Waals surface area contributed by atoms with Crippen molar-refractivity contribution in [2.45, 2.75) is 20.8 Å². The van der Waals surface area contributed by atoms with Gasteiger partial charge in [-0.2, -0.15) is 0 Å². The van der Waals surface area contributed by atoms with E-state index in [0.29, 0.717) is 0 Å². The Labute approximate surface area is 162 Å². The third kappa shape index (κ3) is 3.44. The first-order valence-corrected chi connectivity index (χ1v) is 9.46. The summed E-state index contributed by atoms with van der Waals surface area (Å²) in [6.07, 6.45) is 0. The average molecular weight is 348 g/mol. The second-order valence-corrected chi connectivity index (χ2v) is 7.28. The fourth-order valence-corrected chi connectivity index (χ4v) is 3.93. The predicted molar refractivity (Wildman–Crippen MR) is 117 cm³/mol. The SMILES string of the molecule is Cc1cc(C)cc(-c2ccccc2-c2ccccc2-c2ccccc2C)c1. The molecule has 0 spiro atoms. The van der Waals surface area contributed by atoms with E-state index in [-0.39, 0.29) is 0 Å². The molecule has 0 heterocycles. The third-order valence-corrected chi connectivity index (χ3v) is 5.11. The molecule has 0 aliphatic heterocycles. The van der Waals surface area contributed by atoms with Crippen molar-refractivity contribution in [2.75, 3.05) is 0 Å². The second-order valence-electron chi connectivity index (χ2n) is 7.28. The van der Waals surface area contributed by atoms with Crippen LogP contribution in [0.15, 0.2) is 91.0 Å². The summed E-state index contributed by atoms with van der Waals surface area (Å²) in [4.78, 5) is 0. The van der Waals surface area contributed by atoms with Gasteiger partial charge in [-0.1, -0.05) is 102 Å². The van der Waals surface area contributed by atoms with Crippen LogP contribution in [-0.2, 0) is 0 Å². The fourth-order valence-electron chi connectivity index (χ4n) is 3.93. The first-order valence-electron chi connectivity index (χ1n) is 9.46. The molecule has 0 fully saturated rings. The van der Waals surface area contributed by atoms with Gasteiger partial charge in [0.25, 0.3) is 0 Å². The summed E-state index contributed by atoms with van der Waals surface area (Å²) in [6, 6.07) is 32.9. The van der Waals surface area contributed by atoms with E-state index in [2.05, 4.69) is 112 Å². The van der Waals surface area contributed by atoms with Gasteiger partial charge in [-0.15, -0.1) is 0 Å². The molecule has 0 radical (unpaired) electrons. The summed E-state index contributed by atoms with van der Waals surface area (Å²) in [5.41, 5.74) is 11.6. The third-order valence-electron chi connectivity index (χ3n) is 5.11. The highest BCUT2D eigenvalue weighted by Crippen LogP contribution is 2.39. The maximum Gasteiger partial charge on any atom is -0.00991 e. The molecule has 0 N–H and O–H groups in total. The van der Waals surface area contributed by atoms with E-state index in [1.807, 2.05) is 0 Å². The molecule has 0 atom stereocenters. The average Bonchev–Trinajstić information content (AvgIpc) is 2.68. The Balaban J connectivity index is 1.96. The lowest BCUT2D eigenvalue weighted by Crippen LogP contribution is -1.91. The van der Waals surface area contributed by atoms with Crippen LogP contribution in [0.25, 0.3) is 33.4 Å². The zero-order valence-corrected chi connectivity index (χ0v) is 16.2. The Morgan fingerprint density at radius 2 is 0.815 bits per heavy atom. The zero-order valence-electron chi connectivity index (χ0n) is 16.2. The van der Waals surface area contributed by atoms with Gasteiger partial charge >= 0.3 is 0 Å². The summed E-state index contributed by atoms with van der Waals surface area (Å²) in [6.45, 7) is 6.52. The highest BCUT2D eigenvalue weighted by molar-refractivity contribution is 5.92. The normalized spacial score (nSPS) is 10.8. The molecule has 132 valence electrons. The zero-order chi connectivity index (χ0) is 18.8. The number of hydrogen-bond acceptors (Lipinski definition) is 0. The van der Waals surface area contributed by atoms with E-state index in [1.165, 1.54) is 50.1 Å². The van der Waals surface area contributed by atoms with Crippen molar-refractivity contribution in [3.63, 3.8) is 0 Å². The first kappa shape index (κ1) is 17.3. The van der Waals surface area contributed by atoms with Crippen LogP contribution in [0.5, 0.6) is 0 Å². The molecule has 0 saturated carbocycles. The minimum Gasteiger partial charge on any atom is -0.0620 e. The summed E-state index contributed by atoms with van der Waals surface area (Å²) in [5.74, 6) is 0. The van der Waals surface area contributed by atoms with Gasteiger partial charge in [0.1, 0.15) is 0 Å². The van der Waals surface area contributed by atoms with Gasteiger partial charge < -0.3 is 0 Å². The molecule has 4 rings (SSSR count). The molecule has 4 aromatic rings. The fraction of sp³-hybridized carbons (Fsp3) is 0.111. The molecule has 27 heavy (non-hydrogen) atoms. The maximum atomic E-state index is 2.28. The summed E-state index contributed by atoms with van der Waals surface area (Å²) >= 11 is 0. The van der Waals surface area contributed by atoms with Crippen molar-refractivity contribution in [2.24, 2.45) is 0 Å². The lowest BCUT2D eigenvalue weighted by Gasteiger charge is -2.16. The molecule has 0 saturated heterocycles. The van der Waals surface area contributed by atoms with Crippen molar-refractivity contribution >= 4 is 0 Å². The molecule has 0 unspecified atom stereocenters. The Morgan fingerprint density at radius 1 is 0.407 bits per heavy atom. The molecule has 0 aliphatic carbocycles. The van der Waals surface area contributed by atoms with Crippen LogP contribution < -0.4 is 0 Å². The molecule has 0 nitrogen and oxygen atoms in total. The van der Waals surface area contributed by atoms with Gasteiger partial charge in [0.2, 0.25) is 0 Å². The van der Waals surface area contributed by atoms with E-state index in [0.717, 1.165) is 0 Å². The molecule has 0 aliphatic rings. The van der Waals surface area contributed by atoms with Crippen LogP contribution in [0.3, 0.4) is 0 Å². The van der Waals surface area contributed by atoms with E-state index in [4.69, 9.17) is 0 Å². The van der Waals surface area contributed by atoms with Crippen molar-refractivity contribution < 1.29 is 0 Å². The topological polar surface area (TPSA) is 0 Å². The Hall–Kier alpha value is -3.12. The quantitative estimate of drug-likeness (QED) is 0.357. The van der Waals surface area contributed by atoms with Gasteiger partial charge in [-0.05, 0) is 59.7 Å². The van der Waals surface area contributed by atoms with Crippen LogP contribution in [-0.4, -0.2) is 0 Å². The highest BCUT2D eigenvalue weighted by atomic mass is 14.2. The smallest absolute Gasteiger partial charge is 0.00991 e. The van der Waals surface area contributed by atoms with E-state index < -0.39 is 0 Å². The predicted octanol–water partition coefficient (Wildman–Crippen LogP) is 7.61. The number of hydrogen-bond donors (Lipinski definition) is 0. The molecule has 0 heteroatoms. The monoisotopic (exact) mass is 348 g/mol. The van der Waals surface area contributed by atoms with E-state index >= 15 is 0 Å². The van der Waals surface area contributed by atoms with Gasteiger partial charge in [-0.25, -0.2) is 0 Å². The molecule has 0 bridgehead atoms. The Morgan fingerprint density at radius 3 is 1.37 bits per heavy atom. The first-order chi connectivity index (χ1) is 13.1. The Kier molecular flexibility index (Phi) is 4.64. The van der Waals surface area contributed by atoms with Crippen LogP contribution in [0, 0.1) is 20.8 Å².